The minimum absolute atomic E-state index is 0.0608. The fraction of sp³-hybridized carbons (Fsp3) is 0.188. The van der Waals surface area contributed by atoms with Gasteiger partial charge >= 0.3 is 5.97 Å². The summed E-state index contributed by atoms with van der Waals surface area (Å²) in [5, 5.41) is 21.3. The van der Waals surface area contributed by atoms with Crippen molar-refractivity contribution in [3.05, 3.63) is 70.3 Å². The van der Waals surface area contributed by atoms with Gasteiger partial charge < -0.3 is 9.84 Å². The topological polar surface area (TPSA) is 102 Å². The number of aliphatic hydroxyl groups excluding tert-OH is 1. The van der Waals surface area contributed by atoms with Crippen molar-refractivity contribution in [1.82, 2.24) is 4.72 Å². The molecule has 0 bridgehead atoms. The second-order valence-corrected chi connectivity index (χ2v) is 5.68. The molecule has 0 aliphatic carbocycles. The number of para-hydroxylation sites is 1. The van der Waals surface area contributed by atoms with Crippen molar-refractivity contribution in [2.45, 2.75) is 17.0 Å². The van der Waals surface area contributed by atoms with Crippen LogP contribution in [0.25, 0.3) is 0 Å². The van der Waals surface area contributed by atoms with Crippen LogP contribution in [0.2, 0.25) is 0 Å². The number of benzene rings is 2. The van der Waals surface area contributed by atoms with Gasteiger partial charge in [0.2, 0.25) is 0 Å². The smallest absolute Gasteiger partial charge is 0.336 e. The van der Waals surface area contributed by atoms with Crippen molar-refractivity contribution in [1.29, 1.82) is 0 Å². The highest BCUT2D eigenvalue weighted by Gasteiger charge is 2.29. The lowest BCUT2D eigenvalue weighted by Gasteiger charge is -2.22. The number of carbonyl (C=O) groups is 1. The molecular weight excluding hydrogens is 332 g/mol. The summed E-state index contributed by atoms with van der Waals surface area (Å²) in [6.45, 7) is 0. The molecule has 126 valence electrons. The Balaban J connectivity index is 2.24. The molecule has 0 amide bonds. The number of hydrogen-bond donors (Lipinski definition) is 2. The van der Waals surface area contributed by atoms with Gasteiger partial charge in [0.25, 0.3) is 5.69 Å². The third-order valence-corrected chi connectivity index (χ3v) is 4.21. The van der Waals surface area contributed by atoms with Crippen LogP contribution in [0.4, 0.5) is 5.69 Å². The number of nitro groups is 1. The Hall–Kier alpha value is -2.42. The average molecular weight is 348 g/mol. The number of carbonyl (C=O) groups excluding carboxylic acids is 1. The van der Waals surface area contributed by atoms with Crippen molar-refractivity contribution >= 4 is 23.6 Å². The van der Waals surface area contributed by atoms with Crippen LogP contribution in [-0.2, 0) is 9.53 Å². The van der Waals surface area contributed by atoms with Crippen molar-refractivity contribution < 1.29 is 19.6 Å². The summed E-state index contributed by atoms with van der Waals surface area (Å²) < 4.78 is 7.51. The fourth-order valence-electron chi connectivity index (χ4n) is 2.05. The molecule has 0 spiro atoms. The lowest BCUT2D eigenvalue weighted by molar-refractivity contribution is -0.387. The molecule has 0 saturated heterocycles. The van der Waals surface area contributed by atoms with E-state index in [-0.39, 0.29) is 5.69 Å². The summed E-state index contributed by atoms with van der Waals surface area (Å²) in [6, 6.07) is 14.2. The first-order valence-electron chi connectivity index (χ1n) is 7.01. The van der Waals surface area contributed by atoms with Crippen molar-refractivity contribution in [2.24, 2.45) is 0 Å². The molecule has 0 aliphatic heterocycles. The predicted octanol–water partition coefficient (Wildman–Crippen LogP) is 2.47. The zero-order valence-corrected chi connectivity index (χ0v) is 13.6. The number of nitrogens with zero attached hydrogens (tertiary/aromatic N) is 1. The van der Waals surface area contributed by atoms with Gasteiger partial charge in [-0.1, -0.05) is 42.5 Å². The lowest BCUT2D eigenvalue weighted by Crippen LogP contribution is -2.35. The molecule has 2 aromatic rings. The van der Waals surface area contributed by atoms with Crippen LogP contribution in [0.15, 0.2) is 59.5 Å². The van der Waals surface area contributed by atoms with Gasteiger partial charge in [0, 0.05) is 6.07 Å². The van der Waals surface area contributed by atoms with Crippen LogP contribution in [-0.4, -0.2) is 29.2 Å². The Morgan fingerprint density at radius 2 is 1.83 bits per heavy atom. The standard InChI is InChI=1S/C16H16N2O5S/c1-23-16(20)15(19)14(11-7-3-2-4-8-11)17-24-13-10-6-5-9-12(13)18(21)22/h2-10,14-15,17,19H,1H3/t14-,15+/m0/s1. The van der Waals surface area contributed by atoms with Gasteiger partial charge in [-0.05, 0) is 23.6 Å². The van der Waals surface area contributed by atoms with Crippen LogP contribution in [0.5, 0.6) is 0 Å². The second kappa shape index (κ2) is 8.44. The number of ether oxygens (including phenoxy) is 1. The van der Waals surface area contributed by atoms with E-state index in [0.29, 0.717) is 10.5 Å². The van der Waals surface area contributed by atoms with Gasteiger partial charge in [0.1, 0.15) is 4.90 Å². The van der Waals surface area contributed by atoms with Crippen LogP contribution >= 0.6 is 11.9 Å². The van der Waals surface area contributed by atoms with Crippen molar-refractivity contribution in [2.75, 3.05) is 7.11 Å². The lowest BCUT2D eigenvalue weighted by atomic mass is 10.0. The molecule has 0 radical (unpaired) electrons. The van der Waals surface area contributed by atoms with Gasteiger partial charge in [0.05, 0.1) is 18.1 Å². The Labute approximate surface area is 142 Å². The number of hydrogen-bond acceptors (Lipinski definition) is 7. The maximum atomic E-state index is 11.7. The molecule has 24 heavy (non-hydrogen) atoms. The summed E-state index contributed by atoms with van der Waals surface area (Å²) in [5.74, 6) is -0.792. The normalized spacial score (nSPS) is 13.1. The van der Waals surface area contributed by atoms with E-state index in [1.165, 1.54) is 13.2 Å². The monoisotopic (exact) mass is 348 g/mol. The van der Waals surface area contributed by atoms with Gasteiger partial charge in [-0.15, -0.1) is 0 Å². The Kier molecular flexibility index (Phi) is 6.30. The third-order valence-electron chi connectivity index (χ3n) is 3.27. The highest BCUT2D eigenvalue weighted by Crippen LogP contribution is 2.30. The molecular formula is C16H16N2O5S. The molecule has 0 unspecified atom stereocenters. The van der Waals surface area contributed by atoms with Gasteiger partial charge in [-0.3, -0.25) is 10.1 Å². The summed E-state index contributed by atoms with van der Waals surface area (Å²) in [5.41, 5.74) is 0.593. The van der Waals surface area contributed by atoms with E-state index in [1.807, 2.05) is 0 Å². The fourth-order valence-corrected chi connectivity index (χ4v) is 2.97. The number of esters is 1. The van der Waals surface area contributed by atoms with Gasteiger partial charge in [-0.2, -0.15) is 0 Å². The van der Waals surface area contributed by atoms with Crippen LogP contribution in [0, 0.1) is 10.1 Å². The van der Waals surface area contributed by atoms with Crippen molar-refractivity contribution in [3.8, 4) is 0 Å². The molecule has 7 nitrogen and oxygen atoms in total. The van der Waals surface area contributed by atoms with Crippen LogP contribution in [0.3, 0.4) is 0 Å². The summed E-state index contributed by atoms with van der Waals surface area (Å²) in [4.78, 5) is 22.6. The molecule has 2 atom stereocenters. The number of nitrogens with one attached hydrogen (secondary N) is 1. The predicted molar refractivity (Wildman–Crippen MR) is 89.3 cm³/mol. The van der Waals surface area contributed by atoms with E-state index in [2.05, 4.69) is 9.46 Å². The number of rotatable bonds is 7. The van der Waals surface area contributed by atoms with E-state index < -0.39 is 23.0 Å². The first-order chi connectivity index (χ1) is 11.5. The van der Waals surface area contributed by atoms with Gasteiger partial charge in [0.15, 0.2) is 6.10 Å². The average Bonchev–Trinajstić information content (AvgIpc) is 2.62. The number of aliphatic hydroxyl groups is 1. The highest BCUT2D eigenvalue weighted by atomic mass is 32.2. The molecule has 0 fully saturated rings. The molecule has 8 heteroatoms. The number of nitro benzene ring substituents is 1. The summed E-state index contributed by atoms with van der Waals surface area (Å²) >= 11 is 0.975. The first-order valence-corrected chi connectivity index (χ1v) is 7.83. The van der Waals surface area contributed by atoms with Crippen molar-refractivity contribution in [3.63, 3.8) is 0 Å². The van der Waals surface area contributed by atoms with E-state index in [9.17, 15) is 20.0 Å². The highest BCUT2D eigenvalue weighted by molar-refractivity contribution is 7.97. The SMILES string of the molecule is COC(=O)[C@H](O)[C@@H](NSc1ccccc1[N+](=O)[O-])c1ccccc1. The molecule has 2 rings (SSSR count). The second-order valence-electron chi connectivity index (χ2n) is 4.80. The summed E-state index contributed by atoms with van der Waals surface area (Å²) in [7, 11) is 1.18. The Bertz CT molecular complexity index is 711. The maximum Gasteiger partial charge on any atom is 0.336 e. The molecule has 0 saturated carbocycles. The quantitative estimate of drug-likeness (QED) is 0.343. The minimum atomic E-state index is -1.45. The van der Waals surface area contributed by atoms with Crippen LogP contribution in [0.1, 0.15) is 11.6 Å². The Morgan fingerprint density at radius 1 is 1.21 bits per heavy atom. The largest absolute Gasteiger partial charge is 0.467 e. The maximum absolute atomic E-state index is 11.7. The molecule has 0 aromatic heterocycles. The zero-order valence-electron chi connectivity index (χ0n) is 12.8. The molecule has 2 aromatic carbocycles. The number of methoxy groups -OCH3 is 1. The minimum Gasteiger partial charge on any atom is -0.467 e. The molecule has 0 aliphatic rings. The van der Waals surface area contributed by atoms with E-state index in [4.69, 9.17) is 0 Å². The Morgan fingerprint density at radius 3 is 2.46 bits per heavy atom. The molecule has 0 heterocycles. The van der Waals surface area contributed by atoms with Gasteiger partial charge in [-0.25, -0.2) is 9.52 Å². The van der Waals surface area contributed by atoms with E-state index in [0.717, 1.165) is 11.9 Å². The summed E-state index contributed by atoms with van der Waals surface area (Å²) in [6.07, 6.45) is -1.45. The first kappa shape index (κ1) is 17.9. The van der Waals surface area contributed by atoms with Crippen LogP contribution < -0.4 is 4.72 Å². The third kappa shape index (κ3) is 4.31. The van der Waals surface area contributed by atoms with E-state index >= 15 is 0 Å². The molecule has 2 N–H and O–H groups in total. The zero-order chi connectivity index (χ0) is 17.5. The van der Waals surface area contributed by atoms with E-state index in [1.54, 1.807) is 48.5 Å².